The molecule has 6 heteroatoms. The van der Waals surface area contributed by atoms with Crippen molar-refractivity contribution in [3.8, 4) is 5.82 Å². The second-order valence-electron chi connectivity index (χ2n) is 5.38. The zero-order chi connectivity index (χ0) is 14.5. The highest BCUT2D eigenvalue weighted by atomic mass is 16.1. The smallest absolute Gasteiger partial charge is 0.255 e. The summed E-state index contributed by atoms with van der Waals surface area (Å²) in [6, 6.07) is 3.81. The van der Waals surface area contributed by atoms with E-state index in [2.05, 4.69) is 20.4 Å². The molecule has 1 aliphatic carbocycles. The summed E-state index contributed by atoms with van der Waals surface area (Å²) in [5, 5.41) is 7.19. The molecule has 0 saturated heterocycles. The Labute approximate surface area is 123 Å². The Balaban J connectivity index is 1.78. The fourth-order valence-corrected chi connectivity index (χ4v) is 2.76. The summed E-state index contributed by atoms with van der Waals surface area (Å²) in [5.74, 6) is 0.432. The van der Waals surface area contributed by atoms with Crippen molar-refractivity contribution in [2.75, 3.05) is 0 Å². The summed E-state index contributed by atoms with van der Waals surface area (Å²) in [7, 11) is 0. The number of aromatic nitrogens is 4. The van der Waals surface area contributed by atoms with Gasteiger partial charge in [0.25, 0.3) is 5.91 Å². The second kappa shape index (κ2) is 6.47. The molecular weight excluding hydrogens is 266 g/mol. The van der Waals surface area contributed by atoms with E-state index in [9.17, 15) is 4.79 Å². The summed E-state index contributed by atoms with van der Waals surface area (Å²) in [4.78, 5) is 20.7. The van der Waals surface area contributed by atoms with Crippen LogP contribution in [0.1, 0.15) is 48.9 Å². The average molecular weight is 285 g/mol. The molecule has 0 spiro atoms. The highest BCUT2D eigenvalue weighted by Gasteiger charge is 2.19. The van der Waals surface area contributed by atoms with Gasteiger partial charge in [0.15, 0.2) is 5.82 Å². The van der Waals surface area contributed by atoms with E-state index in [-0.39, 0.29) is 11.9 Å². The number of rotatable bonds is 3. The molecule has 1 fully saturated rings. The van der Waals surface area contributed by atoms with Crippen molar-refractivity contribution in [1.82, 2.24) is 25.1 Å². The molecule has 2 aromatic heterocycles. The van der Waals surface area contributed by atoms with Crippen molar-refractivity contribution < 1.29 is 4.79 Å². The molecule has 1 aliphatic rings. The van der Waals surface area contributed by atoms with E-state index in [0.717, 1.165) is 12.8 Å². The van der Waals surface area contributed by atoms with Crippen molar-refractivity contribution in [2.24, 2.45) is 0 Å². The molecule has 2 heterocycles. The zero-order valence-electron chi connectivity index (χ0n) is 11.9. The van der Waals surface area contributed by atoms with Crippen LogP contribution in [0.3, 0.4) is 0 Å². The van der Waals surface area contributed by atoms with E-state index in [1.807, 2.05) is 0 Å². The number of hydrogen-bond acceptors (Lipinski definition) is 4. The number of hydrogen-bond donors (Lipinski definition) is 1. The second-order valence-corrected chi connectivity index (χ2v) is 5.38. The van der Waals surface area contributed by atoms with Gasteiger partial charge in [-0.05, 0) is 25.0 Å². The monoisotopic (exact) mass is 285 g/mol. The van der Waals surface area contributed by atoms with Crippen LogP contribution in [0.15, 0.2) is 31.0 Å². The van der Waals surface area contributed by atoms with Crippen LogP contribution in [0, 0.1) is 0 Å². The third-order valence-corrected chi connectivity index (χ3v) is 3.86. The number of pyridine rings is 1. The molecule has 110 valence electrons. The lowest BCUT2D eigenvalue weighted by atomic mass is 10.1. The lowest BCUT2D eigenvalue weighted by molar-refractivity contribution is 0.0933. The number of nitrogens with zero attached hydrogens (tertiary/aromatic N) is 4. The molecular formula is C15H19N5O. The highest BCUT2D eigenvalue weighted by Crippen LogP contribution is 2.18. The first-order valence-corrected chi connectivity index (χ1v) is 7.45. The predicted octanol–water partition coefficient (Wildman–Crippen LogP) is 2.11. The number of carbonyl (C=O) groups is 1. The van der Waals surface area contributed by atoms with Crippen molar-refractivity contribution >= 4 is 5.91 Å². The quantitative estimate of drug-likeness (QED) is 0.877. The van der Waals surface area contributed by atoms with Gasteiger partial charge in [-0.3, -0.25) is 4.79 Å². The number of amides is 1. The van der Waals surface area contributed by atoms with Crippen molar-refractivity contribution in [3.63, 3.8) is 0 Å². The first-order chi connectivity index (χ1) is 10.3. The largest absolute Gasteiger partial charge is 0.349 e. The minimum Gasteiger partial charge on any atom is -0.349 e. The van der Waals surface area contributed by atoms with Gasteiger partial charge in [0.05, 0.1) is 5.56 Å². The van der Waals surface area contributed by atoms with Gasteiger partial charge in [-0.15, -0.1) is 0 Å². The molecule has 0 aromatic carbocycles. The van der Waals surface area contributed by atoms with Gasteiger partial charge in [-0.25, -0.2) is 14.6 Å². The molecule has 0 atom stereocenters. The Hall–Kier alpha value is -2.24. The fourth-order valence-electron chi connectivity index (χ4n) is 2.76. The maximum Gasteiger partial charge on any atom is 0.255 e. The lowest BCUT2D eigenvalue weighted by Gasteiger charge is -2.17. The van der Waals surface area contributed by atoms with Crippen LogP contribution in [-0.2, 0) is 0 Å². The van der Waals surface area contributed by atoms with Gasteiger partial charge in [-0.1, -0.05) is 25.7 Å². The van der Waals surface area contributed by atoms with E-state index in [1.165, 1.54) is 36.7 Å². The van der Waals surface area contributed by atoms with Crippen molar-refractivity contribution in [2.45, 2.75) is 44.6 Å². The topological polar surface area (TPSA) is 72.7 Å². The van der Waals surface area contributed by atoms with Gasteiger partial charge in [0.1, 0.15) is 12.7 Å². The van der Waals surface area contributed by atoms with Gasteiger partial charge >= 0.3 is 0 Å². The average Bonchev–Trinajstić information content (AvgIpc) is 2.93. The van der Waals surface area contributed by atoms with E-state index in [0.29, 0.717) is 11.4 Å². The third-order valence-electron chi connectivity index (χ3n) is 3.86. The van der Waals surface area contributed by atoms with Crippen LogP contribution in [0.2, 0.25) is 0 Å². The van der Waals surface area contributed by atoms with Gasteiger partial charge in [-0.2, -0.15) is 5.10 Å². The van der Waals surface area contributed by atoms with E-state index < -0.39 is 0 Å². The predicted molar refractivity (Wildman–Crippen MR) is 78.1 cm³/mol. The normalized spacial score (nSPS) is 16.4. The molecule has 0 aliphatic heterocycles. The lowest BCUT2D eigenvalue weighted by Crippen LogP contribution is -2.35. The van der Waals surface area contributed by atoms with Crippen LogP contribution in [0.4, 0.5) is 0 Å². The molecule has 1 N–H and O–H groups in total. The first-order valence-electron chi connectivity index (χ1n) is 7.45. The summed E-state index contributed by atoms with van der Waals surface area (Å²) < 4.78 is 1.52. The first kappa shape index (κ1) is 13.7. The molecule has 3 rings (SSSR count). The Morgan fingerprint density at radius 3 is 2.76 bits per heavy atom. The van der Waals surface area contributed by atoms with Crippen molar-refractivity contribution in [3.05, 3.63) is 36.5 Å². The molecule has 6 nitrogen and oxygen atoms in total. The van der Waals surface area contributed by atoms with Crippen LogP contribution < -0.4 is 5.32 Å². The van der Waals surface area contributed by atoms with Gasteiger partial charge < -0.3 is 5.32 Å². The number of carbonyl (C=O) groups excluding carboxylic acids is 1. The van der Waals surface area contributed by atoms with Crippen LogP contribution in [0.25, 0.3) is 5.82 Å². The van der Waals surface area contributed by atoms with Crippen LogP contribution in [-0.4, -0.2) is 31.7 Å². The minimum atomic E-state index is -0.0829. The van der Waals surface area contributed by atoms with Crippen LogP contribution >= 0.6 is 0 Å². The molecule has 0 radical (unpaired) electrons. The van der Waals surface area contributed by atoms with Crippen LogP contribution in [0.5, 0.6) is 0 Å². The standard InChI is InChI=1S/C15H19N5O/c21-15(19-12-6-3-1-2-4-7-12)13-8-5-9-17-14(13)20-11-16-10-18-20/h5,8-12H,1-4,6-7H2,(H,19,21). The molecule has 0 bridgehead atoms. The van der Waals surface area contributed by atoms with E-state index in [1.54, 1.807) is 24.7 Å². The summed E-state index contributed by atoms with van der Waals surface area (Å²) >= 11 is 0. The van der Waals surface area contributed by atoms with Gasteiger partial charge in [0.2, 0.25) is 0 Å². The molecule has 21 heavy (non-hydrogen) atoms. The SMILES string of the molecule is O=C(NC1CCCCCC1)c1cccnc1-n1cncn1. The Kier molecular flexibility index (Phi) is 4.23. The fraction of sp³-hybridized carbons (Fsp3) is 0.467. The third kappa shape index (κ3) is 3.26. The summed E-state index contributed by atoms with van der Waals surface area (Å²) in [6.07, 6.45) is 11.7. The van der Waals surface area contributed by atoms with E-state index >= 15 is 0 Å². The summed E-state index contributed by atoms with van der Waals surface area (Å²) in [5.41, 5.74) is 0.534. The number of nitrogens with one attached hydrogen (secondary N) is 1. The Morgan fingerprint density at radius 1 is 1.24 bits per heavy atom. The molecule has 1 saturated carbocycles. The van der Waals surface area contributed by atoms with Crippen molar-refractivity contribution in [1.29, 1.82) is 0 Å². The zero-order valence-corrected chi connectivity index (χ0v) is 11.9. The highest BCUT2D eigenvalue weighted by molar-refractivity contribution is 5.97. The van der Waals surface area contributed by atoms with E-state index in [4.69, 9.17) is 0 Å². The molecule has 0 unspecified atom stereocenters. The molecule has 1 amide bonds. The Morgan fingerprint density at radius 2 is 2.05 bits per heavy atom. The maximum absolute atomic E-state index is 12.5. The molecule has 2 aromatic rings. The maximum atomic E-state index is 12.5. The Bertz CT molecular complexity index is 588. The van der Waals surface area contributed by atoms with Gasteiger partial charge in [0, 0.05) is 12.2 Å². The minimum absolute atomic E-state index is 0.0829. The summed E-state index contributed by atoms with van der Waals surface area (Å²) in [6.45, 7) is 0.